The number of hydrogen-bond acceptors (Lipinski definition) is 3. The van der Waals surface area contributed by atoms with E-state index in [0.717, 1.165) is 0 Å². The maximum absolute atomic E-state index is 11.6. The second-order valence-electron chi connectivity index (χ2n) is 4.72. The maximum Gasteiger partial charge on any atom is 0.270 e. The zero-order chi connectivity index (χ0) is 12.5. The highest BCUT2D eigenvalue weighted by Gasteiger charge is 2.18. The zero-order valence-corrected chi connectivity index (χ0v) is 9.86. The SMILES string of the molecule is O=c1[nH][nH]c(=O)c2cc(OCC3CCC3)ccc12. The molecule has 1 aromatic carbocycles. The van der Waals surface area contributed by atoms with E-state index in [1.54, 1.807) is 18.2 Å². The molecule has 0 saturated heterocycles. The van der Waals surface area contributed by atoms with Crippen molar-refractivity contribution in [3.63, 3.8) is 0 Å². The van der Waals surface area contributed by atoms with Crippen LogP contribution in [-0.2, 0) is 0 Å². The van der Waals surface area contributed by atoms with Gasteiger partial charge in [0.2, 0.25) is 0 Å². The Labute approximate surface area is 103 Å². The Bertz CT molecular complexity index is 682. The molecule has 0 amide bonds. The quantitative estimate of drug-likeness (QED) is 0.859. The Kier molecular flexibility index (Phi) is 2.66. The summed E-state index contributed by atoms with van der Waals surface area (Å²) in [4.78, 5) is 23.1. The van der Waals surface area contributed by atoms with Gasteiger partial charge in [0.1, 0.15) is 5.75 Å². The predicted octanol–water partition coefficient (Wildman–Crippen LogP) is 1.40. The van der Waals surface area contributed by atoms with Crippen LogP contribution in [0, 0.1) is 5.92 Å². The third-order valence-electron chi connectivity index (χ3n) is 3.48. The summed E-state index contributed by atoms with van der Waals surface area (Å²) < 4.78 is 5.65. The van der Waals surface area contributed by atoms with Crippen LogP contribution in [0.2, 0.25) is 0 Å². The van der Waals surface area contributed by atoms with Gasteiger partial charge in [-0.3, -0.25) is 19.8 Å². The van der Waals surface area contributed by atoms with Gasteiger partial charge in [0.05, 0.1) is 17.4 Å². The molecule has 0 radical (unpaired) electrons. The fourth-order valence-corrected chi connectivity index (χ4v) is 2.12. The maximum atomic E-state index is 11.6. The highest BCUT2D eigenvalue weighted by atomic mass is 16.5. The molecule has 1 aliphatic rings. The lowest BCUT2D eigenvalue weighted by Gasteiger charge is -2.25. The molecular formula is C13H14N2O3. The van der Waals surface area contributed by atoms with Crippen molar-refractivity contribution in [3.8, 4) is 5.75 Å². The van der Waals surface area contributed by atoms with Crippen molar-refractivity contribution in [2.24, 2.45) is 5.92 Å². The Balaban J connectivity index is 1.92. The molecule has 1 aliphatic carbocycles. The van der Waals surface area contributed by atoms with Crippen LogP contribution in [0.1, 0.15) is 19.3 Å². The topological polar surface area (TPSA) is 75.0 Å². The van der Waals surface area contributed by atoms with Crippen molar-refractivity contribution in [3.05, 3.63) is 38.9 Å². The molecule has 0 bridgehead atoms. The fourth-order valence-electron chi connectivity index (χ4n) is 2.12. The van der Waals surface area contributed by atoms with Crippen LogP contribution < -0.4 is 15.9 Å². The van der Waals surface area contributed by atoms with Gasteiger partial charge in [0.15, 0.2) is 0 Å². The van der Waals surface area contributed by atoms with E-state index in [1.165, 1.54) is 19.3 Å². The van der Waals surface area contributed by atoms with Gasteiger partial charge in [-0.05, 0) is 37.0 Å². The van der Waals surface area contributed by atoms with Crippen molar-refractivity contribution in [1.29, 1.82) is 0 Å². The molecule has 1 aromatic heterocycles. The van der Waals surface area contributed by atoms with E-state index in [1.807, 2.05) is 0 Å². The largest absolute Gasteiger partial charge is 0.493 e. The summed E-state index contributed by atoms with van der Waals surface area (Å²) in [7, 11) is 0. The normalized spacial score (nSPS) is 15.6. The van der Waals surface area contributed by atoms with Crippen LogP contribution in [-0.4, -0.2) is 16.8 Å². The number of aromatic amines is 2. The first-order chi connectivity index (χ1) is 8.74. The number of fused-ring (bicyclic) bond motifs is 1. The molecule has 2 N–H and O–H groups in total. The average Bonchev–Trinajstić information content (AvgIpc) is 2.32. The molecule has 94 valence electrons. The van der Waals surface area contributed by atoms with E-state index in [4.69, 9.17) is 4.74 Å². The second kappa shape index (κ2) is 4.33. The molecule has 0 atom stereocenters. The third kappa shape index (κ3) is 1.92. The molecule has 1 fully saturated rings. The molecule has 3 rings (SSSR count). The van der Waals surface area contributed by atoms with Crippen molar-refractivity contribution in [1.82, 2.24) is 10.2 Å². The van der Waals surface area contributed by atoms with Crippen LogP contribution in [0.25, 0.3) is 10.8 Å². The Morgan fingerprint density at radius 1 is 1.11 bits per heavy atom. The summed E-state index contributed by atoms with van der Waals surface area (Å²) >= 11 is 0. The van der Waals surface area contributed by atoms with Crippen LogP contribution >= 0.6 is 0 Å². The van der Waals surface area contributed by atoms with Crippen molar-refractivity contribution < 1.29 is 4.74 Å². The molecule has 2 aromatic rings. The van der Waals surface area contributed by atoms with E-state index in [9.17, 15) is 9.59 Å². The zero-order valence-electron chi connectivity index (χ0n) is 9.86. The van der Waals surface area contributed by atoms with Crippen LogP contribution in [0.4, 0.5) is 0 Å². The van der Waals surface area contributed by atoms with E-state index in [2.05, 4.69) is 10.2 Å². The standard InChI is InChI=1S/C13H14N2O3/c16-12-10-5-4-9(18-7-8-2-1-3-8)6-11(10)13(17)15-14-12/h4-6,8H,1-3,7H2,(H,14,16)(H,15,17). The van der Waals surface area contributed by atoms with Crippen LogP contribution in [0.15, 0.2) is 27.8 Å². The summed E-state index contributed by atoms with van der Waals surface area (Å²) in [6, 6.07) is 4.98. The molecule has 18 heavy (non-hydrogen) atoms. The fraction of sp³-hybridized carbons (Fsp3) is 0.385. The highest BCUT2D eigenvalue weighted by molar-refractivity contribution is 5.81. The number of hydrogen-bond donors (Lipinski definition) is 2. The Morgan fingerprint density at radius 2 is 1.83 bits per heavy atom. The lowest BCUT2D eigenvalue weighted by atomic mass is 9.86. The van der Waals surface area contributed by atoms with Gasteiger partial charge in [-0.1, -0.05) is 6.42 Å². The summed E-state index contributed by atoms with van der Waals surface area (Å²) in [6.07, 6.45) is 3.71. The monoisotopic (exact) mass is 246 g/mol. The number of nitrogens with one attached hydrogen (secondary N) is 2. The first-order valence-electron chi connectivity index (χ1n) is 6.11. The van der Waals surface area contributed by atoms with Crippen molar-refractivity contribution >= 4 is 10.8 Å². The van der Waals surface area contributed by atoms with Gasteiger partial charge >= 0.3 is 0 Å². The molecule has 5 heteroatoms. The minimum Gasteiger partial charge on any atom is -0.493 e. The third-order valence-corrected chi connectivity index (χ3v) is 3.48. The summed E-state index contributed by atoms with van der Waals surface area (Å²) in [5, 5.41) is 5.35. The summed E-state index contributed by atoms with van der Waals surface area (Å²) in [5.74, 6) is 1.28. The summed E-state index contributed by atoms with van der Waals surface area (Å²) in [6.45, 7) is 0.687. The van der Waals surface area contributed by atoms with Gasteiger partial charge in [-0.15, -0.1) is 0 Å². The molecule has 0 unspecified atom stereocenters. The van der Waals surface area contributed by atoms with Gasteiger partial charge in [0.25, 0.3) is 11.1 Å². The first-order valence-corrected chi connectivity index (χ1v) is 6.11. The number of ether oxygens (including phenoxy) is 1. The molecule has 1 saturated carbocycles. The first kappa shape index (κ1) is 11.1. The molecule has 0 spiro atoms. The van der Waals surface area contributed by atoms with Crippen LogP contribution in [0.3, 0.4) is 0 Å². The van der Waals surface area contributed by atoms with E-state index in [0.29, 0.717) is 29.0 Å². The van der Waals surface area contributed by atoms with E-state index < -0.39 is 0 Å². The Hall–Kier alpha value is -2.04. The number of aromatic nitrogens is 2. The predicted molar refractivity (Wildman–Crippen MR) is 68.0 cm³/mol. The number of H-pyrrole nitrogens is 2. The van der Waals surface area contributed by atoms with Crippen LogP contribution in [0.5, 0.6) is 5.75 Å². The lowest BCUT2D eigenvalue weighted by molar-refractivity contribution is 0.181. The van der Waals surface area contributed by atoms with Crippen molar-refractivity contribution in [2.75, 3.05) is 6.61 Å². The molecule has 1 heterocycles. The van der Waals surface area contributed by atoms with E-state index >= 15 is 0 Å². The van der Waals surface area contributed by atoms with Gasteiger partial charge in [-0.25, -0.2) is 0 Å². The number of benzene rings is 1. The number of rotatable bonds is 3. The molecule has 5 nitrogen and oxygen atoms in total. The summed E-state index contributed by atoms with van der Waals surface area (Å²) in [5.41, 5.74) is -0.603. The smallest absolute Gasteiger partial charge is 0.270 e. The minimum absolute atomic E-state index is 0.296. The highest BCUT2D eigenvalue weighted by Crippen LogP contribution is 2.27. The molecular weight excluding hydrogens is 232 g/mol. The average molecular weight is 246 g/mol. The van der Waals surface area contributed by atoms with Gasteiger partial charge in [-0.2, -0.15) is 0 Å². The minimum atomic E-state index is -0.307. The van der Waals surface area contributed by atoms with Crippen molar-refractivity contribution in [2.45, 2.75) is 19.3 Å². The van der Waals surface area contributed by atoms with Gasteiger partial charge < -0.3 is 4.74 Å². The molecule has 0 aliphatic heterocycles. The second-order valence-corrected chi connectivity index (χ2v) is 4.72. The van der Waals surface area contributed by atoms with Gasteiger partial charge in [0, 0.05) is 0 Å². The lowest BCUT2D eigenvalue weighted by Crippen LogP contribution is -2.20. The van der Waals surface area contributed by atoms with E-state index in [-0.39, 0.29) is 11.1 Å². The Morgan fingerprint density at radius 3 is 2.50 bits per heavy atom.